The van der Waals surface area contributed by atoms with Crippen molar-refractivity contribution in [2.75, 3.05) is 20.7 Å². The Morgan fingerprint density at radius 3 is 2.74 bits per heavy atom. The van der Waals surface area contributed by atoms with Gasteiger partial charge in [-0.2, -0.15) is 0 Å². The predicted molar refractivity (Wildman–Crippen MR) is 74.4 cm³/mol. The molecule has 0 bridgehead atoms. The van der Waals surface area contributed by atoms with Crippen LogP contribution >= 0.6 is 0 Å². The van der Waals surface area contributed by atoms with E-state index in [0.717, 1.165) is 28.2 Å². The minimum atomic E-state index is -1.27. The standard InChI is InChI=1S/C15H16F2N2O4/c1-18(23-2)13(20)12-10-6-15(10,7-19(12)14(21)22)9-5-8(16)3-4-11(9)17/h3-5,10,12H,6-7H2,1-2H3,(H,21,22). The number of fused-ring (bicyclic) bond motifs is 1. The molecule has 3 unspecified atom stereocenters. The summed E-state index contributed by atoms with van der Waals surface area (Å²) in [5, 5.41) is 10.3. The summed E-state index contributed by atoms with van der Waals surface area (Å²) in [5.74, 6) is -2.09. The number of amides is 2. The van der Waals surface area contributed by atoms with Gasteiger partial charge in [0.1, 0.15) is 17.7 Å². The highest BCUT2D eigenvalue weighted by molar-refractivity contribution is 5.87. The van der Waals surface area contributed by atoms with Crippen molar-refractivity contribution in [3.63, 3.8) is 0 Å². The number of carbonyl (C=O) groups excluding carboxylic acids is 1. The van der Waals surface area contributed by atoms with Crippen molar-refractivity contribution in [1.82, 2.24) is 9.96 Å². The molecule has 3 rings (SSSR count). The first-order valence-electron chi connectivity index (χ1n) is 7.08. The number of likely N-dealkylation sites (N-methyl/N-ethyl adjacent to an activating group) is 1. The van der Waals surface area contributed by atoms with Crippen LogP contribution in [0.1, 0.15) is 12.0 Å². The van der Waals surface area contributed by atoms with Crippen LogP contribution < -0.4 is 0 Å². The molecule has 124 valence electrons. The Hall–Kier alpha value is -2.22. The maximum Gasteiger partial charge on any atom is 0.408 e. The minimum absolute atomic E-state index is 0.0403. The highest BCUT2D eigenvalue weighted by Crippen LogP contribution is 2.62. The summed E-state index contributed by atoms with van der Waals surface area (Å²) in [4.78, 5) is 29.7. The van der Waals surface area contributed by atoms with E-state index in [1.54, 1.807) is 0 Å². The zero-order valence-electron chi connectivity index (χ0n) is 12.6. The van der Waals surface area contributed by atoms with Gasteiger partial charge in [0.25, 0.3) is 5.91 Å². The molecule has 1 saturated carbocycles. The van der Waals surface area contributed by atoms with Crippen LogP contribution in [0.4, 0.5) is 13.6 Å². The molecule has 1 aliphatic heterocycles. The molecule has 2 amide bonds. The van der Waals surface area contributed by atoms with Crippen LogP contribution in [-0.2, 0) is 15.0 Å². The van der Waals surface area contributed by atoms with Gasteiger partial charge >= 0.3 is 6.09 Å². The number of rotatable bonds is 3. The summed E-state index contributed by atoms with van der Waals surface area (Å²) in [5.41, 5.74) is -0.719. The van der Waals surface area contributed by atoms with Crippen LogP contribution in [-0.4, -0.2) is 53.8 Å². The van der Waals surface area contributed by atoms with Gasteiger partial charge in [-0.25, -0.2) is 18.6 Å². The van der Waals surface area contributed by atoms with Crippen molar-refractivity contribution < 1.29 is 28.3 Å². The molecule has 1 heterocycles. The maximum atomic E-state index is 14.1. The molecule has 8 heteroatoms. The van der Waals surface area contributed by atoms with Crippen molar-refractivity contribution in [3.8, 4) is 0 Å². The third-order valence-electron chi connectivity index (χ3n) is 4.85. The van der Waals surface area contributed by atoms with E-state index in [1.807, 2.05) is 0 Å². The van der Waals surface area contributed by atoms with E-state index >= 15 is 0 Å². The Morgan fingerprint density at radius 2 is 2.13 bits per heavy atom. The first-order chi connectivity index (χ1) is 10.8. The van der Waals surface area contributed by atoms with Gasteiger partial charge in [0.05, 0.1) is 7.11 Å². The summed E-state index contributed by atoms with van der Waals surface area (Å²) in [7, 11) is 2.68. The molecule has 1 aromatic carbocycles. The average molecular weight is 326 g/mol. The number of carboxylic acid groups (broad SMARTS) is 1. The van der Waals surface area contributed by atoms with E-state index in [0.29, 0.717) is 6.42 Å². The fourth-order valence-electron chi connectivity index (χ4n) is 3.59. The summed E-state index contributed by atoms with van der Waals surface area (Å²) in [6, 6.07) is 2.16. The molecule has 1 N–H and O–H groups in total. The number of carbonyl (C=O) groups is 2. The molecule has 2 aliphatic rings. The predicted octanol–water partition coefficient (Wildman–Crippen LogP) is 1.60. The van der Waals surface area contributed by atoms with Crippen molar-refractivity contribution in [1.29, 1.82) is 0 Å². The van der Waals surface area contributed by atoms with Gasteiger partial charge < -0.3 is 5.11 Å². The van der Waals surface area contributed by atoms with Gasteiger partial charge in [0.2, 0.25) is 0 Å². The second-order valence-corrected chi connectivity index (χ2v) is 5.96. The lowest BCUT2D eigenvalue weighted by Gasteiger charge is -2.27. The topological polar surface area (TPSA) is 70.1 Å². The number of likely N-dealkylation sites (tertiary alicyclic amines) is 1. The molecule has 3 atom stereocenters. The normalized spacial score (nSPS) is 28.4. The number of benzene rings is 1. The fourth-order valence-corrected chi connectivity index (χ4v) is 3.59. The summed E-state index contributed by atoms with van der Waals surface area (Å²) < 4.78 is 27.6. The zero-order valence-corrected chi connectivity index (χ0v) is 12.6. The Kier molecular flexibility index (Phi) is 3.51. The minimum Gasteiger partial charge on any atom is -0.465 e. The number of nitrogens with zero attached hydrogens (tertiary/aromatic N) is 2. The monoisotopic (exact) mass is 326 g/mol. The molecule has 1 aliphatic carbocycles. The number of piperidine rings is 1. The molecule has 0 aromatic heterocycles. The first kappa shape index (κ1) is 15.7. The molecule has 1 saturated heterocycles. The molecular weight excluding hydrogens is 310 g/mol. The highest BCUT2D eigenvalue weighted by atomic mass is 19.1. The quantitative estimate of drug-likeness (QED) is 0.857. The third-order valence-corrected chi connectivity index (χ3v) is 4.85. The molecule has 0 radical (unpaired) electrons. The first-order valence-corrected chi connectivity index (χ1v) is 7.08. The van der Waals surface area contributed by atoms with Crippen LogP contribution in [0, 0.1) is 17.6 Å². The van der Waals surface area contributed by atoms with Crippen molar-refractivity contribution in [3.05, 3.63) is 35.4 Å². The Bertz CT molecular complexity index is 683. The van der Waals surface area contributed by atoms with Crippen LogP contribution in [0.3, 0.4) is 0 Å². The lowest BCUT2D eigenvalue weighted by molar-refractivity contribution is -0.173. The van der Waals surface area contributed by atoms with Crippen LogP contribution in [0.15, 0.2) is 18.2 Å². The van der Waals surface area contributed by atoms with Crippen LogP contribution in [0.25, 0.3) is 0 Å². The van der Waals surface area contributed by atoms with Crippen LogP contribution in [0.2, 0.25) is 0 Å². The number of hydroxylamine groups is 2. The molecule has 0 spiro atoms. The lowest BCUT2D eigenvalue weighted by Crippen LogP contribution is -2.48. The van der Waals surface area contributed by atoms with E-state index in [9.17, 15) is 23.5 Å². The van der Waals surface area contributed by atoms with E-state index in [-0.39, 0.29) is 18.0 Å². The molecule has 6 nitrogen and oxygen atoms in total. The molecule has 2 fully saturated rings. The molecule has 1 aromatic rings. The summed E-state index contributed by atoms with van der Waals surface area (Å²) >= 11 is 0. The second-order valence-electron chi connectivity index (χ2n) is 5.96. The average Bonchev–Trinajstić information content (AvgIpc) is 3.14. The van der Waals surface area contributed by atoms with Gasteiger partial charge in [-0.1, -0.05) is 0 Å². The maximum absolute atomic E-state index is 14.1. The summed E-state index contributed by atoms with van der Waals surface area (Å²) in [6.45, 7) is -0.0403. The SMILES string of the molecule is CON(C)C(=O)C1C2CC2(c2cc(F)ccc2F)CN1C(=O)O. The van der Waals surface area contributed by atoms with Crippen LogP contribution in [0.5, 0.6) is 0 Å². The zero-order chi connectivity index (χ0) is 16.9. The summed E-state index contributed by atoms with van der Waals surface area (Å²) in [6.07, 6.45) is -0.832. The Morgan fingerprint density at radius 1 is 1.43 bits per heavy atom. The Labute approximate surface area is 131 Å². The van der Waals surface area contributed by atoms with E-state index in [2.05, 4.69) is 0 Å². The van der Waals surface area contributed by atoms with Gasteiger partial charge in [-0.15, -0.1) is 0 Å². The van der Waals surface area contributed by atoms with E-state index in [1.165, 1.54) is 14.2 Å². The largest absolute Gasteiger partial charge is 0.465 e. The number of hydrogen-bond acceptors (Lipinski definition) is 3. The molecule has 23 heavy (non-hydrogen) atoms. The highest BCUT2D eigenvalue weighted by Gasteiger charge is 2.69. The number of halogens is 2. The van der Waals surface area contributed by atoms with Gasteiger partial charge in [-0.3, -0.25) is 14.5 Å². The van der Waals surface area contributed by atoms with Crippen molar-refractivity contribution >= 4 is 12.0 Å². The number of hydrogen-bond donors (Lipinski definition) is 1. The second kappa shape index (κ2) is 5.16. The lowest BCUT2D eigenvalue weighted by atomic mass is 9.93. The van der Waals surface area contributed by atoms with Gasteiger partial charge in [0.15, 0.2) is 0 Å². The van der Waals surface area contributed by atoms with Crippen molar-refractivity contribution in [2.45, 2.75) is 17.9 Å². The Balaban J connectivity index is 1.98. The molecular formula is C15H16F2N2O4. The van der Waals surface area contributed by atoms with Gasteiger partial charge in [0, 0.05) is 24.9 Å². The van der Waals surface area contributed by atoms with Gasteiger partial charge in [-0.05, 0) is 30.2 Å². The smallest absolute Gasteiger partial charge is 0.408 e. The third kappa shape index (κ3) is 2.24. The van der Waals surface area contributed by atoms with E-state index < -0.39 is 35.1 Å². The fraction of sp³-hybridized carbons (Fsp3) is 0.467. The van der Waals surface area contributed by atoms with E-state index in [4.69, 9.17) is 4.84 Å². The van der Waals surface area contributed by atoms with Crippen molar-refractivity contribution in [2.24, 2.45) is 5.92 Å².